The Labute approximate surface area is 131 Å². The van der Waals surface area contributed by atoms with Gasteiger partial charge in [0.25, 0.3) is 5.56 Å². The molecule has 4 aromatic rings. The van der Waals surface area contributed by atoms with Crippen molar-refractivity contribution in [3.63, 3.8) is 0 Å². The molecule has 0 spiro atoms. The SMILES string of the molecule is O=c1c2ccc(Cl)cc2c2ccccc2n1-c1ccccn1. The van der Waals surface area contributed by atoms with Crippen LogP contribution in [-0.4, -0.2) is 9.55 Å². The van der Waals surface area contributed by atoms with Gasteiger partial charge in [-0.05, 0) is 41.8 Å². The smallest absolute Gasteiger partial charge is 0.264 e. The molecule has 0 saturated carbocycles. The fourth-order valence-electron chi connectivity index (χ4n) is 2.77. The summed E-state index contributed by atoms with van der Waals surface area (Å²) in [5.41, 5.74) is 0.727. The Morgan fingerprint density at radius 1 is 0.864 bits per heavy atom. The first kappa shape index (κ1) is 13.0. The quantitative estimate of drug-likeness (QED) is 0.494. The number of fused-ring (bicyclic) bond motifs is 3. The highest BCUT2D eigenvalue weighted by molar-refractivity contribution is 6.31. The average Bonchev–Trinajstić information content (AvgIpc) is 2.56. The van der Waals surface area contributed by atoms with Crippen molar-refractivity contribution in [2.45, 2.75) is 0 Å². The first-order chi connectivity index (χ1) is 10.8. The molecule has 2 aromatic heterocycles. The van der Waals surface area contributed by atoms with E-state index in [1.54, 1.807) is 22.9 Å². The molecule has 0 aliphatic heterocycles. The Morgan fingerprint density at radius 3 is 2.50 bits per heavy atom. The molecule has 22 heavy (non-hydrogen) atoms. The lowest BCUT2D eigenvalue weighted by Crippen LogP contribution is -2.20. The maximum absolute atomic E-state index is 12.9. The van der Waals surface area contributed by atoms with Gasteiger partial charge in [0.2, 0.25) is 0 Å². The molecule has 0 saturated heterocycles. The zero-order valence-electron chi connectivity index (χ0n) is 11.5. The van der Waals surface area contributed by atoms with Crippen LogP contribution < -0.4 is 5.56 Å². The van der Waals surface area contributed by atoms with E-state index in [9.17, 15) is 4.79 Å². The third-order valence-electron chi connectivity index (χ3n) is 3.73. The third kappa shape index (κ3) is 1.90. The van der Waals surface area contributed by atoms with Crippen LogP contribution >= 0.6 is 11.6 Å². The van der Waals surface area contributed by atoms with Gasteiger partial charge in [0.1, 0.15) is 5.82 Å². The first-order valence-corrected chi connectivity index (χ1v) is 7.28. The molecule has 4 rings (SSSR count). The Hall–Kier alpha value is -2.65. The molecule has 0 unspecified atom stereocenters. The lowest BCUT2D eigenvalue weighted by molar-refractivity contribution is 0.997. The molecule has 2 aromatic carbocycles. The standard InChI is InChI=1S/C18H11ClN2O/c19-12-8-9-14-15(11-12)13-5-1-2-6-16(13)21(18(14)22)17-7-3-4-10-20-17/h1-11H. The van der Waals surface area contributed by atoms with Crippen molar-refractivity contribution in [2.75, 3.05) is 0 Å². The van der Waals surface area contributed by atoms with E-state index in [-0.39, 0.29) is 5.56 Å². The van der Waals surface area contributed by atoms with Gasteiger partial charge < -0.3 is 0 Å². The Bertz CT molecular complexity index is 1060. The summed E-state index contributed by atoms with van der Waals surface area (Å²) in [5.74, 6) is 0.612. The van der Waals surface area contributed by atoms with E-state index in [2.05, 4.69) is 4.98 Å². The highest BCUT2D eigenvalue weighted by Crippen LogP contribution is 2.26. The third-order valence-corrected chi connectivity index (χ3v) is 3.96. The lowest BCUT2D eigenvalue weighted by Gasteiger charge is -2.12. The normalized spacial score (nSPS) is 11.1. The number of benzene rings is 2. The van der Waals surface area contributed by atoms with Gasteiger partial charge in [-0.25, -0.2) is 4.98 Å². The second kappa shape index (κ2) is 4.97. The molecule has 0 amide bonds. The highest BCUT2D eigenvalue weighted by atomic mass is 35.5. The van der Waals surface area contributed by atoms with Crippen LogP contribution in [0, 0.1) is 0 Å². The van der Waals surface area contributed by atoms with E-state index < -0.39 is 0 Å². The average molecular weight is 307 g/mol. The summed E-state index contributed by atoms with van der Waals surface area (Å²) in [4.78, 5) is 17.3. The van der Waals surface area contributed by atoms with Gasteiger partial charge in [0, 0.05) is 22.0 Å². The highest BCUT2D eigenvalue weighted by Gasteiger charge is 2.12. The van der Waals surface area contributed by atoms with E-state index in [4.69, 9.17) is 11.6 Å². The largest absolute Gasteiger partial charge is 0.268 e. The predicted molar refractivity (Wildman–Crippen MR) is 89.9 cm³/mol. The van der Waals surface area contributed by atoms with E-state index in [1.165, 1.54) is 0 Å². The van der Waals surface area contributed by atoms with E-state index in [0.29, 0.717) is 16.2 Å². The number of pyridine rings is 2. The summed E-state index contributed by atoms with van der Waals surface area (Å²) < 4.78 is 1.64. The van der Waals surface area contributed by atoms with Crippen LogP contribution in [0.3, 0.4) is 0 Å². The van der Waals surface area contributed by atoms with E-state index >= 15 is 0 Å². The van der Waals surface area contributed by atoms with Crippen molar-refractivity contribution in [2.24, 2.45) is 0 Å². The molecule has 0 atom stereocenters. The van der Waals surface area contributed by atoms with Crippen LogP contribution in [0.25, 0.3) is 27.5 Å². The van der Waals surface area contributed by atoms with E-state index in [1.807, 2.05) is 48.5 Å². The number of hydrogen-bond donors (Lipinski definition) is 0. The van der Waals surface area contributed by atoms with Crippen molar-refractivity contribution in [3.05, 3.63) is 82.2 Å². The molecule has 0 N–H and O–H groups in total. The predicted octanol–water partition coefficient (Wildman–Crippen LogP) is 4.19. The number of rotatable bonds is 1. The monoisotopic (exact) mass is 306 g/mol. The van der Waals surface area contributed by atoms with Crippen molar-refractivity contribution >= 4 is 33.3 Å². The molecular weight excluding hydrogens is 296 g/mol. The zero-order chi connectivity index (χ0) is 15.1. The number of aromatic nitrogens is 2. The fraction of sp³-hybridized carbons (Fsp3) is 0. The van der Waals surface area contributed by atoms with Gasteiger partial charge in [0.05, 0.1) is 5.52 Å². The van der Waals surface area contributed by atoms with Crippen LogP contribution in [-0.2, 0) is 0 Å². The second-order valence-electron chi connectivity index (χ2n) is 5.04. The van der Waals surface area contributed by atoms with Crippen LogP contribution in [0.5, 0.6) is 0 Å². The van der Waals surface area contributed by atoms with Crippen LogP contribution in [0.1, 0.15) is 0 Å². The summed E-state index contributed by atoms with van der Waals surface area (Å²) in [6.07, 6.45) is 1.68. The minimum atomic E-state index is -0.0935. The minimum Gasteiger partial charge on any atom is -0.268 e. The summed E-state index contributed by atoms with van der Waals surface area (Å²) in [6, 6.07) is 18.7. The van der Waals surface area contributed by atoms with Gasteiger partial charge in [-0.15, -0.1) is 0 Å². The summed E-state index contributed by atoms with van der Waals surface area (Å²) in [6.45, 7) is 0. The first-order valence-electron chi connectivity index (χ1n) is 6.90. The fourth-order valence-corrected chi connectivity index (χ4v) is 2.94. The summed E-state index contributed by atoms with van der Waals surface area (Å²) in [7, 11) is 0. The molecule has 4 heteroatoms. The minimum absolute atomic E-state index is 0.0935. The molecule has 106 valence electrons. The number of nitrogens with zero attached hydrogens (tertiary/aromatic N) is 2. The molecule has 0 aliphatic rings. The number of hydrogen-bond acceptors (Lipinski definition) is 2. The molecule has 3 nitrogen and oxygen atoms in total. The van der Waals surface area contributed by atoms with Gasteiger partial charge in [-0.2, -0.15) is 0 Å². The Kier molecular flexibility index (Phi) is 2.94. The number of para-hydroxylation sites is 1. The molecule has 0 bridgehead atoms. The van der Waals surface area contributed by atoms with Gasteiger partial charge in [0.15, 0.2) is 0 Å². The van der Waals surface area contributed by atoms with Gasteiger partial charge >= 0.3 is 0 Å². The number of halogens is 1. The van der Waals surface area contributed by atoms with Crippen molar-refractivity contribution < 1.29 is 0 Å². The molecule has 2 heterocycles. The van der Waals surface area contributed by atoms with Gasteiger partial charge in [-0.1, -0.05) is 35.9 Å². The van der Waals surface area contributed by atoms with Gasteiger partial charge in [-0.3, -0.25) is 9.36 Å². The molecule has 0 fully saturated rings. The summed E-state index contributed by atoms with van der Waals surface area (Å²) >= 11 is 6.11. The Morgan fingerprint density at radius 2 is 1.68 bits per heavy atom. The Balaban J connectivity index is 2.28. The van der Waals surface area contributed by atoms with Crippen LogP contribution in [0.15, 0.2) is 71.7 Å². The molecular formula is C18H11ClN2O. The lowest BCUT2D eigenvalue weighted by atomic mass is 10.1. The molecule has 0 radical (unpaired) electrons. The van der Waals surface area contributed by atoms with Crippen molar-refractivity contribution in [1.29, 1.82) is 0 Å². The second-order valence-corrected chi connectivity index (χ2v) is 5.47. The van der Waals surface area contributed by atoms with E-state index in [0.717, 1.165) is 16.3 Å². The van der Waals surface area contributed by atoms with Crippen molar-refractivity contribution in [1.82, 2.24) is 9.55 Å². The zero-order valence-corrected chi connectivity index (χ0v) is 12.3. The van der Waals surface area contributed by atoms with Crippen LogP contribution in [0.4, 0.5) is 0 Å². The molecule has 0 aliphatic carbocycles. The van der Waals surface area contributed by atoms with Crippen molar-refractivity contribution in [3.8, 4) is 5.82 Å². The maximum atomic E-state index is 12.9. The summed E-state index contributed by atoms with van der Waals surface area (Å²) in [5, 5.41) is 3.09. The maximum Gasteiger partial charge on any atom is 0.264 e. The topological polar surface area (TPSA) is 34.9 Å². The van der Waals surface area contributed by atoms with Crippen LogP contribution in [0.2, 0.25) is 5.02 Å².